The Kier molecular flexibility index (Phi) is 10.8. The van der Waals surface area contributed by atoms with Crippen LogP contribution < -0.4 is 0 Å². The van der Waals surface area contributed by atoms with E-state index in [9.17, 15) is 0 Å². The van der Waals surface area contributed by atoms with E-state index in [1.807, 2.05) is 11.8 Å². The van der Waals surface area contributed by atoms with Gasteiger partial charge < -0.3 is 4.74 Å². The highest BCUT2D eigenvalue weighted by Crippen LogP contribution is 2.05. The third-order valence-electron chi connectivity index (χ3n) is 1.90. The van der Waals surface area contributed by atoms with Crippen LogP contribution in [0.5, 0.6) is 0 Å². The minimum Gasteiger partial charge on any atom is -0.484 e. The Labute approximate surface area is 92.5 Å². The number of aliphatic imine (C=N–C) groups is 1. The van der Waals surface area contributed by atoms with E-state index in [0.29, 0.717) is 0 Å². The van der Waals surface area contributed by atoms with Gasteiger partial charge in [-0.2, -0.15) is 11.8 Å². The van der Waals surface area contributed by atoms with Crippen LogP contribution in [0.25, 0.3) is 0 Å². The van der Waals surface area contributed by atoms with Crippen LogP contribution in [0.4, 0.5) is 0 Å². The fraction of sp³-hybridized carbons (Fsp3) is 0.909. The molecule has 0 aliphatic heterocycles. The minimum atomic E-state index is 0.902. The summed E-state index contributed by atoms with van der Waals surface area (Å²) in [4.78, 5) is 4.40. The number of nitrogens with zero attached hydrogens (tertiary/aromatic N) is 1. The van der Waals surface area contributed by atoms with Gasteiger partial charge >= 0.3 is 0 Å². The van der Waals surface area contributed by atoms with Crippen molar-refractivity contribution < 1.29 is 4.74 Å². The van der Waals surface area contributed by atoms with E-state index in [2.05, 4.69) is 18.8 Å². The van der Waals surface area contributed by atoms with E-state index in [0.717, 1.165) is 24.6 Å². The lowest BCUT2D eigenvalue weighted by Gasteiger charge is -2.04. The molecule has 0 aliphatic rings. The Morgan fingerprint density at radius 3 is 2.50 bits per heavy atom. The second-order valence-corrected chi connectivity index (χ2v) is 4.34. The number of unbranched alkanes of at least 4 members (excludes halogenated alkanes) is 2. The molecule has 84 valence electrons. The van der Waals surface area contributed by atoms with Crippen molar-refractivity contribution in [3.8, 4) is 0 Å². The van der Waals surface area contributed by atoms with Gasteiger partial charge in [0, 0.05) is 6.54 Å². The maximum atomic E-state index is 5.21. The standard InChI is InChI=1S/C11H23NOS/c1-4-6-8-12-11(13-3)10-14-9-7-5-2/h4-10H2,1-3H3. The van der Waals surface area contributed by atoms with Gasteiger partial charge in [0.25, 0.3) is 0 Å². The second kappa shape index (κ2) is 10.9. The summed E-state index contributed by atoms with van der Waals surface area (Å²) < 4.78 is 5.21. The topological polar surface area (TPSA) is 21.6 Å². The molecule has 0 rings (SSSR count). The van der Waals surface area contributed by atoms with Crippen LogP contribution >= 0.6 is 11.8 Å². The predicted octanol–water partition coefficient (Wildman–Crippen LogP) is 3.36. The molecule has 0 N–H and O–H groups in total. The summed E-state index contributed by atoms with van der Waals surface area (Å²) >= 11 is 1.91. The summed E-state index contributed by atoms with van der Waals surface area (Å²) in [7, 11) is 1.71. The molecule has 0 unspecified atom stereocenters. The smallest absolute Gasteiger partial charge is 0.193 e. The van der Waals surface area contributed by atoms with Crippen molar-refractivity contribution in [2.75, 3.05) is 25.2 Å². The molecule has 0 saturated heterocycles. The normalized spacial score (nSPS) is 11.8. The van der Waals surface area contributed by atoms with E-state index >= 15 is 0 Å². The van der Waals surface area contributed by atoms with Crippen molar-refractivity contribution in [2.24, 2.45) is 4.99 Å². The third-order valence-corrected chi connectivity index (χ3v) is 2.93. The molecule has 0 bridgehead atoms. The first-order valence-corrected chi connectivity index (χ1v) is 6.65. The van der Waals surface area contributed by atoms with Crippen LogP contribution in [0.1, 0.15) is 39.5 Å². The first kappa shape index (κ1) is 13.8. The molecule has 0 heterocycles. The van der Waals surface area contributed by atoms with Gasteiger partial charge in [-0.1, -0.05) is 26.7 Å². The number of hydrogen-bond acceptors (Lipinski definition) is 3. The Bertz CT molecular complexity index is 148. The lowest BCUT2D eigenvalue weighted by atomic mass is 10.3. The molecule has 0 aliphatic carbocycles. The van der Waals surface area contributed by atoms with Crippen LogP contribution in [0, 0.1) is 0 Å². The number of methoxy groups -OCH3 is 1. The minimum absolute atomic E-state index is 0.902. The molecular weight excluding hydrogens is 194 g/mol. The molecule has 0 radical (unpaired) electrons. The van der Waals surface area contributed by atoms with Gasteiger partial charge in [-0.15, -0.1) is 0 Å². The van der Waals surface area contributed by atoms with Crippen LogP contribution in [0.3, 0.4) is 0 Å². The van der Waals surface area contributed by atoms with E-state index in [-0.39, 0.29) is 0 Å². The summed E-state index contributed by atoms with van der Waals surface area (Å²) in [6, 6.07) is 0. The van der Waals surface area contributed by atoms with Gasteiger partial charge in [-0.05, 0) is 18.6 Å². The Morgan fingerprint density at radius 2 is 1.93 bits per heavy atom. The van der Waals surface area contributed by atoms with Crippen LogP contribution in [-0.4, -0.2) is 31.1 Å². The van der Waals surface area contributed by atoms with Crippen molar-refractivity contribution in [1.29, 1.82) is 0 Å². The Hall–Kier alpha value is -0.180. The zero-order valence-electron chi connectivity index (χ0n) is 9.71. The first-order chi connectivity index (χ1) is 6.85. The molecule has 14 heavy (non-hydrogen) atoms. The van der Waals surface area contributed by atoms with Crippen molar-refractivity contribution in [3.63, 3.8) is 0 Å². The van der Waals surface area contributed by atoms with Gasteiger partial charge in [-0.3, -0.25) is 4.99 Å². The van der Waals surface area contributed by atoms with Crippen LogP contribution in [0.2, 0.25) is 0 Å². The first-order valence-electron chi connectivity index (χ1n) is 5.50. The van der Waals surface area contributed by atoms with E-state index in [1.54, 1.807) is 7.11 Å². The molecule has 0 atom stereocenters. The fourth-order valence-corrected chi connectivity index (χ4v) is 1.96. The molecule has 0 saturated carbocycles. The van der Waals surface area contributed by atoms with Gasteiger partial charge in [0.05, 0.1) is 12.9 Å². The highest BCUT2D eigenvalue weighted by molar-refractivity contribution is 7.99. The van der Waals surface area contributed by atoms with Gasteiger partial charge in [-0.25, -0.2) is 0 Å². The number of hydrogen-bond donors (Lipinski definition) is 0. The third kappa shape index (κ3) is 8.42. The number of rotatable bonds is 8. The molecule has 0 spiro atoms. The zero-order valence-corrected chi connectivity index (χ0v) is 10.5. The Balaban J connectivity index is 3.51. The maximum absolute atomic E-state index is 5.21. The predicted molar refractivity (Wildman–Crippen MR) is 66.5 cm³/mol. The van der Waals surface area contributed by atoms with Crippen LogP contribution in [-0.2, 0) is 4.74 Å². The summed E-state index contributed by atoms with van der Waals surface area (Å²) in [5.41, 5.74) is 0. The fourth-order valence-electron chi connectivity index (χ4n) is 0.937. The molecular formula is C11H23NOS. The summed E-state index contributed by atoms with van der Waals surface area (Å²) in [5.74, 6) is 3.05. The summed E-state index contributed by atoms with van der Waals surface area (Å²) in [6.07, 6.45) is 4.91. The SMILES string of the molecule is CCCCN=C(CSCCCC)OC. The molecule has 0 aromatic rings. The Morgan fingerprint density at radius 1 is 1.21 bits per heavy atom. The van der Waals surface area contributed by atoms with Gasteiger partial charge in [0.2, 0.25) is 0 Å². The highest BCUT2D eigenvalue weighted by atomic mass is 32.2. The number of ether oxygens (including phenoxy) is 1. The molecule has 3 heteroatoms. The van der Waals surface area contributed by atoms with Gasteiger partial charge in [0.1, 0.15) is 0 Å². The van der Waals surface area contributed by atoms with E-state index < -0.39 is 0 Å². The quantitative estimate of drug-likeness (QED) is 0.353. The van der Waals surface area contributed by atoms with Crippen molar-refractivity contribution in [1.82, 2.24) is 0 Å². The maximum Gasteiger partial charge on any atom is 0.193 e. The van der Waals surface area contributed by atoms with Gasteiger partial charge in [0.15, 0.2) is 5.90 Å². The lowest BCUT2D eigenvalue weighted by molar-refractivity contribution is 0.398. The van der Waals surface area contributed by atoms with Crippen molar-refractivity contribution in [3.05, 3.63) is 0 Å². The lowest BCUT2D eigenvalue weighted by Crippen LogP contribution is -2.06. The molecule has 0 aromatic heterocycles. The van der Waals surface area contributed by atoms with E-state index in [4.69, 9.17) is 4.74 Å². The molecule has 0 amide bonds. The molecule has 2 nitrogen and oxygen atoms in total. The highest BCUT2D eigenvalue weighted by Gasteiger charge is 1.97. The summed E-state index contributed by atoms with van der Waals surface area (Å²) in [6.45, 7) is 5.30. The average Bonchev–Trinajstić information content (AvgIpc) is 2.22. The second-order valence-electron chi connectivity index (χ2n) is 3.24. The average molecular weight is 217 g/mol. The van der Waals surface area contributed by atoms with Crippen molar-refractivity contribution in [2.45, 2.75) is 39.5 Å². The van der Waals surface area contributed by atoms with Crippen LogP contribution in [0.15, 0.2) is 4.99 Å². The van der Waals surface area contributed by atoms with E-state index in [1.165, 1.54) is 25.0 Å². The monoisotopic (exact) mass is 217 g/mol. The zero-order chi connectivity index (χ0) is 10.6. The summed E-state index contributed by atoms with van der Waals surface area (Å²) in [5, 5.41) is 0. The molecule has 0 aromatic carbocycles. The van der Waals surface area contributed by atoms with Crippen molar-refractivity contribution >= 4 is 17.7 Å². The molecule has 0 fully saturated rings. The largest absolute Gasteiger partial charge is 0.484 e. The number of thioether (sulfide) groups is 1.